The maximum absolute atomic E-state index is 12.5. The highest BCUT2D eigenvalue weighted by atomic mass is 16.3. The number of rotatable bonds is 5. The number of hydrogen-bond acceptors (Lipinski definition) is 5. The predicted molar refractivity (Wildman–Crippen MR) is 93.9 cm³/mol. The van der Waals surface area contributed by atoms with E-state index >= 15 is 0 Å². The van der Waals surface area contributed by atoms with E-state index in [-0.39, 0.29) is 17.9 Å². The molecule has 1 aromatic heterocycles. The molecule has 7 heteroatoms. The van der Waals surface area contributed by atoms with Crippen LogP contribution in [0.1, 0.15) is 51.0 Å². The zero-order valence-electron chi connectivity index (χ0n) is 15.4. The van der Waals surface area contributed by atoms with Gasteiger partial charge in [-0.3, -0.25) is 19.1 Å². The highest BCUT2D eigenvalue weighted by molar-refractivity contribution is 5.77. The maximum atomic E-state index is 12.5. The molecule has 1 N–H and O–H groups in total. The Hall–Kier alpha value is -1.73. The van der Waals surface area contributed by atoms with Crippen LogP contribution in [0.2, 0.25) is 0 Å². The fourth-order valence-corrected chi connectivity index (χ4v) is 3.32. The van der Waals surface area contributed by atoms with Crippen molar-refractivity contribution in [1.82, 2.24) is 19.4 Å². The van der Waals surface area contributed by atoms with Crippen molar-refractivity contribution in [3.63, 3.8) is 0 Å². The van der Waals surface area contributed by atoms with E-state index in [9.17, 15) is 14.7 Å². The van der Waals surface area contributed by atoms with Crippen LogP contribution >= 0.6 is 0 Å². The second-order valence-electron chi connectivity index (χ2n) is 7.73. The minimum absolute atomic E-state index is 0.0487. The topological polar surface area (TPSA) is 78.7 Å². The Labute approximate surface area is 148 Å². The smallest absolute Gasteiger partial charge is 0.253 e. The highest BCUT2D eigenvalue weighted by Gasteiger charge is 2.38. The molecule has 7 nitrogen and oxygen atoms in total. The van der Waals surface area contributed by atoms with Gasteiger partial charge in [-0.1, -0.05) is 0 Å². The van der Waals surface area contributed by atoms with E-state index in [0.717, 1.165) is 12.1 Å². The van der Waals surface area contributed by atoms with Gasteiger partial charge in [-0.05, 0) is 40.2 Å². The number of hydrogen-bond donors (Lipinski definition) is 1. The van der Waals surface area contributed by atoms with E-state index in [4.69, 9.17) is 0 Å². The van der Waals surface area contributed by atoms with Crippen molar-refractivity contribution in [3.8, 4) is 0 Å². The molecule has 2 aliphatic rings. The SMILES string of the molecule is CC(C)N(C)Cc1cc(=O)n2c(n1)CN(C(=O)CC1(O)CCC1)CC2. The Balaban J connectivity index is 1.73. The first-order valence-electron chi connectivity index (χ1n) is 9.07. The third-order valence-corrected chi connectivity index (χ3v) is 5.48. The minimum atomic E-state index is -0.816. The lowest BCUT2D eigenvalue weighted by molar-refractivity contribution is -0.142. The maximum Gasteiger partial charge on any atom is 0.253 e. The van der Waals surface area contributed by atoms with Gasteiger partial charge >= 0.3 is 0 Å². The van der Waals surface area contributed by atoms with Crippen LogP contribution < -0.4 is 5.56 Å². The molecule has 0 unspecified atom stereocenters. The summed E-state index contributed by atoms with van der Waals surface area (Å²) >= 11 is 0. The fraction of sp³-hybridized carbons (Fsp3) is 0.722. The van der Waals surface area contributed by atoms with Crippen LogP contribution in [0.15, 0.2) is 10.9 Å². The molecule has 0 bridgehead atoms. The lowest BCUT2D eigenvalue weighted by Crippen LogP contribution is -2.47. The second kappa shape index (κ2) is 6.88. The molecular formula is C18H28N4O3. The molecule has 0 atom stereocenters. The van der Waals surface area contributed by atoms with Crippen molar-refractivity contribution in [1.29, 1.82) is 0 Å². The first kappa shape index (κ1) is 18.1. The quantitative estimate of drug-likeness (QED) is 0.849. The average Bonchev–Trinajstić information content (AvgIpc) is 2.52. The molecule has 1 amide bonds. The zero-order valence-corrected chi connectivity index (χ0v) is 15.4. The van der Waals surface area contributed by atoms with Crippen molar-refractivity contribution < 1.29 is 9.90 Å². The van der Waals surface area contributed by atoms with E-state index in [1.807, 2.05) is 7.05 Å². The van der Waals surface area contributed by atoms with Gasteiger partial charge in [0.15, 0.2) is 0 Å². The summed E-state index contributed by atoms with van der Waals surface area (Å²) in [5, 5.41) is 10.2. The van der Waals surface area contributed by atoms with Crippen LogP contribution in [0.5, 0.6) is 0 Å². The number of amides is 1. The summed E-state index contributed by atoms with van der Waals surface area (Å²) < 4.78 is 1.65. The number of aromatic nitrogens is 2. The molecule has 2 heterocycles. The summed E-state index contributed by atoms with van der Waals surface area (Å²) in [6.07, 6.45) is 2.56. The van der Waals surface area contributed by atoms with Crippen molar-refractivity contribution in [2.45, 2.75) is 70.8 Å². The van der Waals surface area contributed by atoms with Crippen LogP contribution in [-0.2, 0) is 24.4 Å². The Morgan fingerprint density at radius 2 is 2.12 bits per heavy atom. The third kappa shape index (κ3) is 3.93. The van der Waals surface area contributed by atoms with Crippen molar-refractivity contribution in [2.75, 3.05) is 13.6 Å². The van der Waals surface area contributed by atoms with Crippen LogP contribution in [0, 0.1) is 0 Å². The molecule has 3 rings (SSSR count). The van der Waals surface area contributed by atoms with Crippen molar-refractivity contribution in [3.05, 3.63) is 27.9 Å². The van der Waals surface area contributed by atoms with Crippen LogP contribution in [0.3, 0.4) is 0 Å². The van der Waals surface area contributed by atoms with Gasteiger partial charge in [0.2, 0.25) is 5.91 Å². The summed E-state index contributed by atoms with van der Waals surface area (Å²) in [5.74, 6) is 0.590. The van der Waals surface area contributed by atoms with E-state index in [1.165, 1.54) is 0 Å². The van der Waals surface area contributed by atoms with Gasteiger partial charge in [-0.25, -0.2) is 4.98 Å². The molecule has 25 heavy (non-hydrogen) atoms. The Morgan fingerprint density at radius 3 is 2.72 bits per heavy atom. The lowest BCUT2D eigenvalue weighted by Gasteiger charge is -2.38. The number of aliphatic hydroxyl groups is 1. The van der Waals surface area contributed by atoms with Gasteiger partial charge in [0.25, 0.3) is 5.56 Å². The number of nitrogens with zero attached hydrogens (tertiary/aromatic N) is 4. The van der Waals surface area contributed by atoms with E-state index in [2.05, 4.69) is 23.7 Å². The second-order valence-corrected chi connectivity index (χ2v) is 7.73. The number of carbonyl (C=O) groups is 1. The molecule has 1 aliphatic heterocycles. The predicted octanol–water partition coefficient (Wildman–Crippen LogP) is 0.731. The lowest BCUT2D eigenvalue weighted by atomic mass is 9.77. The summed E-state index contributed by atoms with van der Waals surface area (Å²) in [6.45, 7) is 6.09. The molecule has 0 aromatic carbocycles. The van der Waals surface area contributed by atoms with Gasteiger partial charge in [-0.2, -0.15) is 0 Å². The molecule has 1 fully saturated rings. The number of fused-ring (bicyclic) bond motifs is 1. The molecule has 1 aromatic rings. The fourth-order valence-electron chi connectivity index (χ4n) is 3.32. The van der Waals surface area contributed by atoms with Crippen molar-refractivity contribution in [2.24, 2.45) is 0 Å². The molecule has 0 spiro atoms. The summed E-state index contributed by atoms with van der Waals surface area (Å²) in [7, 11) is 2.00. The third-order valence-electron chi connectivity index (χ3n) is 5.48. The molecule has 1 aliphatic carbocycles. The van der Waals surface area contributed by atoms with E-state index < -0.39 is 5.60 Å². The van der Waals surface area contributed by atoms with Crippen LogP contribution in [0.4, 0.5) is 0 Å². The number of carbonyl (C=O) groups excluding carboxylic acids is 1. The summed E-state index contributed by atoms with van der Waals surface area (Å²) in [6, 6.07) is 1.96. The molecule has 0 saturated heterocycles. The van der Waals surface area contributed by atoms with Crippen LogP contribution in [0.25, 0.3) is 0 Å². The minimum Gasteiger partial charge on any atom is -0.389 e. The zero-order chi connectivity index (χ0) is 18.2. The van der Waals surface area contributed by atoms with E-state index in [1.54, 1.807) is 15.5 Å². The monoisotopic (exact) mass is 348 g/mol. The Bertz CT molecular complexity index is 709. The van der Waals surface area contributed by atoms with Gasteiger partial charge < -0.3 is 10.0 Å². The van der Waals surface area contributed by atoms with Gasteiger partial charge in [-0.15, -0.1) is 0 Å². The summed E-state index contributed by atoms with van der Waals surface area (Å²) in [5.41, 5.74) is -0.134. The Kier molecular flexibility index (Phi) is 4.97. The first-order valence-corrected chi connectivity index (χ1v) is 9.07. The average molecular weight is 348 g/mol. The summed E-state index contributed by atoms with van der Waals surface area (Å²) in [4.78, 5) is 33.3. The first-order chi connectivity index (χ1) is 11.8. The highest BCUT2D eigenvalue weighted by Crippen LogP contribution is 2.35. The normalized spacial score (nSPS) is 19.0. The molecule has 1 saturated carbocycles. The molecule has 138 valence electrons. The van der Waals surface area contributed by atoms with E-state index in [0.29, 0.717) is 50.9 Å². The molecule has 0 radical (unpaired) electrons. The van der Waals surface area contributed by atoms with Crippen molar-refractivity contribution >= 4 is 5.91 Å². The van der Waals surface area contributed by atoms with Gasteiger partial charge in [0.05, 0.1) is 24.3 Å². The van der Waals surface area contributed by atoms with Gasteiger partial charge in [0, 0.05) is 31.7 Å². The van der Waals surface area contributed by atoms with Crippen LogP contribution in [-0.4, -0.2) is 55.6 Å². The molecular weight excluding hydrogens is 320 g/mol. The largest absolute Gasteiger partial charge is 0.389 e. The standard InChI is InChI=1S/C18H28N4O3/c1-13(2)20(3)11-14-9-16(23)22-8-7-21(12-15(22)19-14)17(24)10-18(25)5-4-6-18/h9,13,25H,4-8,10-12H2,1-3H3. The Morgan fingerprint density at radius 1 is 1.40 bits per heavy atom. The van der Waals surface area contributed by atoms with Gasteiger partial charge in [0.1, 0.15) is 5.82 Å².